The van der Waals surface area contributed by atoms with Gasteiger partial charge in [-0.25, -0.2) is 0 Å². The second-order valence-corrected chi connectivity index (χ2v) is 22.0. The van der Waals surface area contributed by atoms with Gasteiger partial charge in [0.05, 0.1) is 0 Å². The fourth-order valence-corrected chi connectivity index (χ4v) is 9.57. The lowest BCUT2D eigenvalue weighted by Crippen LogP contribution is -2.30. The second-order valence-electron chi connectivity index (χ2n) is 22.0. The third-order valence-electron chi connectivity index (χ3n) is 14.5. The molecule has 6 nitrogen and oxygen atoms in total. The Balaban J connectivity index is 4.12. The van der Waals surface area contributed by atoms with E-state index in [2.05, 4.69) is 93.7 Å². The van der Waals surface area contributed by atoms with Crippen LogP contribution in [0.1, 0.15) is 335 Å². The van der Waals surface area contributed by atoms with Gasteiger partial charge in [-0.2, -0.15) is 0 Å². The van der Waals surface area contributed by atoms with Gasteiger partial charge in [0.2, 0.25) is 0 Å². The second kappa shape index (κ2) is 64.4. The Morgan fingerprint density at radius 2 is 0.513 bits per heavy atom. The molecule has 0 saturated carbocycles. The largest absolute Gasteiger partial charge is 0.462 e. The molecular formula is C70H124O6. The molecule has 0 fully saturated rings. The molecule has 0 amide bonds. The summed E-state index contributed by atoms with van der Waals surface area (Å²) in [6.45, 7) is 6.50. The summed E-state index contributed by atoms with van der Waals surface area (Å²) in [6, 6.07) is 0. The van der Waals surface area contributed by atoms with Gasteiger partial charge in [0.25, 0.3) is 0 Å². The van der Waals surface area contributed by atoms with E-state index in [4.69, 9.17) is 14.2 Å². The van der Waals surface area contributed by atoms with E-state index in [0.717, 1.165) is 109 Å². The molecule has 0 radical (unpaired) electrons. The molecule has 1 atom stereocenters. The molecule has 0 aromatic carbocycles. The van der Waals surface area contributed by atoms with Gasteiger partial charge in [-0.05, 0) is 70.6 Å². The van der Waals surface area contributed by atoms with Gasteiger partial charge in [0.1, 0.15) is 13.2 Å². The standard InChI is InChI=1S/C70H124O6/c1-4-7-10-13-16-18-20-22-24-26-28-30-32-33-34-35-36-38-39-41-43-45-47-49-51-54-57-60-63-69(72)75-66-67(65-74-68(71)62-59-56-53-15-12-9-6-3)76-70(73)64-61-58-55-52-50-48-46-44-42-40-37-31-29-27-25-23-21-19-17-14-11-8-5-2/h8,11,17,19,23,25,29,31,40,42,46,48,67H,4-7,9-10,12-16,18,20-22,24,26-28,30,32-39,41,43-45,47,49-66H2,1-3H3/b11-8-,19-17-,25-23-,31-29-,42-40-,48-46-. The maximum Gasteiger partial charge on any atom is 0.306 e. The van der Waals surface area contributed by atoms with Crippen molar-refractivity contribution in [3.8, 4) is 0 Å². The molecule has 6 heteroatoms. The molecule has 0 saturated heterocycles. The predicted molar refractivity (Wildman–Crippen MR) is 330 cm³/mol. The van der Waals surface area contributed by atoms with E-state index in [1.54, 1.807) is 0 Å². The topological polar surface area (TPSA) is 78.9 Å². The molecule has 0 heterocycles. The quantitative estimate of drug-likeness (QED) is 0.0261. The Bertz CT molecular complexity index is 1400. The first-order valence-corrected chi connectivity index (χ1v) is 32.9. The average molecular weight is 1060 g/mol. The van der Waals surface area contributed by atoms with Crippen molar-refractivity contribution in [3.05, 3.63) is 72.9 Å². The molecule has 1 unspecified atom stereocenters. The summed E-state index contributed by atoms with van der Waals surface area (Å²) in [4.78, 5) is 38.1. The smallest absolute Gasteiger partial charge is 0.306 e. The third-order valence-corrected chi connectivity index (χ3v) is 14.5. The van der Waals surface area contributed by atoms with Crippen LogP contribution in [-0.2, 0) is 28.6 Å². The highest BCUT2D eigenvalue weighted by Gasteiger charge is 2.19. The van der Waals surface area contributed by atoms with Crippen LogP contribution in [0.5, 0.6) is 0 Å². The Kier molecular flexibility index (Phi) is 61.7. The van der Waals surface area contributed by atoms with Gasteiger partial charge in [-0.3, -0.25) is 14.4 Å². The van der Waals surface area contributed by atoms with E-state index in [0.29, 0.717) is 19.3 Å². The summed E-state index contributed by atoms with van der Waals surface area (Å²) >= 11 is 0. The molecule has 0 rings (SSSR count). The zero-order valence-electron chi connectivity index (χ0n) is 50.5. The van der Waals surface area contributed by atoms with Crippen molar-refractivity contribution in [2.45, 2.75) is 341 Å². The van der Waals surface area contributed by atoms with E-state index >= 15 is 0 Å². The molecule has 0 aliphatic rings. The lowest BCUT2D eigenvalue weighted by molar-refractivity contribution is -0.167. The van der Waals surface area contributed by atoms with Gasteiger partial charge >= 0.3 is 17.9 Å². The van der Waals surface area contributed by atoms with Crippen molar-refractivity contribution < 1.29 is 28.6 Å². The minimum absolute atomic E-state index is 0.0826. The van der Waals surface area contributed by atoms with Gasteiger partial charge in [-0.15, -0.1) is 0 Å². The highest BCUT2D eigenvalue weighted by atomic mass is 16.6. The maximum absolute atomic E-state index is 12.9. The fourth-order valence-electron chi connectivity index (χ4n) is 9.57. The molecule has 0 aromatic heterocycles. The lowest BCUT2D eigenvalue weighted by atomic mass is 10.0. The van der Waals surface area contributed by atoms with Gasteiger partial charge < -0.3 is 14.2 Å². The summed E-state index contributed by atoms with van der Waals surface area (Å²) in [6.07, 6.45) is 83.8. The minimum Gasteiger partial charge on any atom is -0.462 e. The van der Waals surface area contributed by atoms with Crippen LogP contribution >= 0.6 is 0 Å². The minimum atomic E-state index is -0.786. The Morgan fingerprint density at radius 3 is 0.803 bits per heavy atom. The first kappa shape index (κ1) is 72.8. The van der Waals surface area contributed by atoms with Crippen LogP contribution in [-0.4, -0.2) is 37.2 Å². The number of rotatable bonds is 60. The highest BCUT2D eigenvalue weighted by Crippen LogP contribution is 2.18. The SMILES string of the molecule is CC/C=C\C/C=C\C/C=C\C/C=C\C/C=C\C/C=C\CCCCCCC(=O)OC(COC(=O)CCCCCCCCC)COC(=O)CCCCCCCCCCCCCCCCCCCCCCCCCCCCCC. The van der Waals surface area contributed by atoms with Crippen LogP contribution in [0.4, 0.5) is 0 Å². The first-order valence-electron chi connectivity index (χ1n) is 32.9. The van der Waals surface area contributed by atoms with E-state index in [1.807, 2.05) is 0 Å². The fraction of sp³-hybridized carbons (Fsp3) is 0.786. The zero-order valence-corrected chi connectivity index (χ0v) is 50.5. The molecule has 0 aliphatic carbocycles. The van der Waals surface area contributed by atoms with E-state index in [1.165, 1.54) is 186 Å². The number of carbonyl (C=O) groups excluding carboxylic acids is 3. The number of allylic oxidation sites excluding steroid dienone is 12. The first-order chi connectivity index (χ1) is 37.5. The average Bonchev–Trinajstić information content (AvgIpc) is 3.42. The molecule has 0 aliphatic heterocycles. The summed E-state index contributed by atoms with van der Waals surface area (Å²) in [7, 11) is 0. The number of hydrogen-bond donors (Lipinski definition) is 0. The normalized spacial score (nSPS) is 12.5. The maximum atomic E-state index is 12.9. The van der Waals surface area contributed by atoms with Crippen molar-refractivity contribution in [1.82, 2.24) is 0 Å². The van der Waals surface area contributed by atoms with Crippen LogP contribution < -0.4 is 0 Å². The molecule has 0 bridgehead atoms. The van der Waals surface area contributed by atoms with E-state index in [9.17, 15) is 14.4 Å². The molecule has 76 heavy (non-hydrogen) atoms. The number of hydrogen-bond acceptors (Lipinski definition) is 6. The van der Waals surface area contributed by atoms with Crippen LogP contribution in [0.15, 0.2) is 72.9 Å². The Morgan fingerprint density at radius 1 is 0.276 bits per heavy atom. The third kappa shape index (κ3) is 61.7. The van der Waals surface area contributed by atoms with Gasteiger partial charge in [0.15, 0.2) is 6.10 Å². The summed E-state index contributed by atoms with van der Waals surface area (Å²) in [5.74, 6) is -0.900. The van der Waals surface area contributed by atoms with Crippen molar-refractivity contribution in [3.63, 3.8) is 0 Å². The number of ether oxygens (including phenoxy) is 3. The van der Waals surface area contributed by atoms with E-state index in [-0.39, 0.29) is 31.1 Å². The molecule has 0 aromatic rings. The molecule has 0 N–H and O–H groups in total. The van der Waals surface area contributed by atoms with Gasteiger partial charge in [-0.1, -0.05) is 318 Å². The summed E-state index contributed by atoms with van der Waals surface area (Å²) in [5, 5.41) is 0. The predicted octanol–water partition coefficient (Wildman–Crippen LogP) is 22.5. The zero-order chi connectivity index (χ0) is 55.0. The summed E-state index contributed by atoms with van der Waals surface area (Å²) < 4.78 is 16.8. The van der Waals surface area contributed by atoms with Crippen molar-refractivity contribution in [2.24, 2.45) is 0 Å². The Labute approximate surface area is 472 Å². The van der Waals surface area contributed by atoms with Crippen LogP contribution in [0.3, 0.4) is 0 Å². The summed E-state index contributed by atoms with van der Waals surface area (Å²) in [5.41, 5.74) is 0. The lowest BCUT2D eigenvalue weighted by Gasteiger charge is -2.18. The highest BCUT2D eigenvalue weighted by molar-refractivity contribution is 5.71. The Hall–Kier alpha value is -3.15. The van der Waals surface area contributed by atoms with Crippen LogP contribution in [0, 0.1) is 0 Å². The van der Waals surface area contributed by atoms with Crippen molar-refractivity contribution >= 4 is 17.9 Å². The van der Waals surface area contributed by atoms with Crippen molar-refractivity contribution in [2.75, 3.05) is 13.2 Å². The monoisotopic (exact) mass is 1060 g/mol. The number of unbranched alkanes of at least 4 members (excludes halogenated alkanes) is 37. The van der Waals surface area contributed by atoms with Crippen LogP contribution in [0.25, 0.3) is 0 Å². The van der Waals surface area contributed by atoms with Crippen LogP contribution in [0.2, 0.25) is 0 Å². The van der Waals surface area contributed by atoms with E-state index < -0.39 is 6.10 Å². The number of carbonyl (C=O) groups is 3. The molecular weight excluding hydrogens is 937 g/mol. The van der Waals surface area contributed by atoms with Crippen molar-refractivity contribution in [1.29, 1.82) is 0 Å². The van der Waals surface area contributed by atoms with Gasteiger partial charge in [0, 0.05) is 19.3 Å². The number of esters is 3. The molecule has 0 spiro atoms. The molecule has 440 valence electrons.